The number of hydrogen-bond acceptors (Lipinski definition) is 6. The molecule has 0 amide bonds. The summed E-state index contributed by atoms with van der Waals surface area (Å²) in [4.78, 5) is 0. The fraction of sp³-hybridized carbons (Fsp3) is 1.00. The van der Waals surface area contributed by atoms with Crippen LogP contribution in [0.1, 0.15) is 13.8 Å². The molecule has 0 aromatic rings. The van der Waals surface area contributed by atoms with Crippen LogP contribution in [0.2, 0.25) is 0 Å². The van der Waals surface area contributed by atoms with E-state index in [-0.39, 0.29) is 24.3 Å². The minimum absolute atomic E-state index is 0.00291. The maximum absolute atomic E-state index is 12.2. The Balaban J connectivity index is 2.46. The number of aliphatic hydroxyl groups is 1. The molecule has 0 unspecified atom stereocenters. The predicted octanol–water partition coefficient (Wildman–Crippen LogP) is 1.70. The molecule has 0 bridgehead atoms. The normalized spacial score (nSPS) is 26.2. The molecule has 1 fully saturated rings. The molecular weight excluding hydrogens is 251 g/mol. The zero-order valence-electron chi connectivity index (χ0n) is 9.63. The zero-order chi connectivity index (χ0) is 12.0. The molecule has 0 saturated carbocycles. The van der Waals surface area contributed by atoms with Gasteiger partial charge in [0.2, 0.25) is 0 Å². The van der Waals surface area contributed by atoms with Crippen molar-refractivity contribution in [3.63, 3.8) is 0 Å². The van der Waals surface area contributed by atoms with E-state index in [0.29, 0.717) is 13.2 Å². The van der Waals surface area contributed by atoms with Gasteiger partial charge < -0.3 is 18.9 Å². The van der Waals surface area contributed by atoms with Crippen LogP contribution in [0.4, 0.5) is 0 Å². The minimum Gasteiger partial charge on any atom is -0.394 e. The Kier molecular flexibility index (Phi) is 6.32. The molecule has 1 aliphatic rings. The second kappa shape index (κ2) is 6.99. The fourth-order valence-electron chi connectivity index (χ4n) is 1.42. The molecule has 96 valence electrons. The first-order chi connectivity index (χ1) is 7.63. The molecule has 5 nitrogen and oxygen atoms in total. The van der Waals surface area contributed by atoms with Crippen LogP contribution >= 0.6 is 19.4 Å². The molecule has 1 aliphatic heterocycles. The maximum atomic E-state index is 12.2. The fourth-order valence-corrected chi connectivity index (χ4v) is 4.76. The van der Waals surface area contributed by atoms with E-state index in [0.717, 1.165) is 5.75 Å². The topological polar surface area (TPSA) is 65.0 Å². The lowest BCUT2D eigenvalue weighted by Gasteiger charge is -2.19. The molecule has 0 spiro atoms. The molecule has 1 N–H and O–H groups in total. The van der Waals surface area contributed by atoms with Gasteiger partial charge in [-0.25, -0.2) is 0 Å². The molecule has 1 saturated heterocycles. The second-order valence-corrected chi connectivity index (χ2v) is 6.63. The summed E-state index contributed by atoms with van der Waals surface area (Å²) in [6.07, 6.45) is 0.0854. The lowest BCUT2D eigenvalue weighted by Crippen LogP contribution is -2.19. The highest BCUT2D eigenvalue weighted by Crippen LogP contribution is 2.51. The summed E-state index contributed by atoms with van der Waals surface area (Å²) in [6, 6.07) is 0. The summed E-state index contributed by atoms with van der Waals surface area (Å²) in [5, 5.41) is 8.92. The van der Waals surface area contributed by atoms with Crippen LogP contribution in [0.15, 0.2) is 0 Å². The van der Waals surface area contributed by atoms with Crippen LogP contribution in [0.25, 0.3) is 0 Å². The quantitative estimate of drug-likeness (QED) is 0.710. The third-order valence-electron chi connectivity index (χ3n) is 2.04. The van der Waals surface area contributed by atoms with Crippen molar-refractivity contribution in [3.05, 3.63) is 0 Å². The van der Waals surface area contributed by atoms with Crippen molar-refractivity contribution in [1.82, 2.24) is 0 Å². The molecule has 7 heteroatoms. The Hall–Kier alpha value is 0.420. The van der Waals surface area contributed by atoms with Gasteiger partial charge in [0.05, 0.1) is 32.1 Å². The molecule has 16 heavy (non-hydrogen) atoms. The van der Waals surface area contributed by atoms with Gasteiger partial charge in [0.15, 0.2) is 0 Å². The van der Waals surface area contributed by atoms with Crippen molar-refractivity contribution in [2.45, 2.75) is 25.4 Å². The van der Waals surface area contributed by atoms with E-state index in [1.165, 1.54) is 11.8 Å². The summed E-state index contributed by atoms with van der Waals surface area (Å²) >= 11 is 1.54. The lowest BCUT2D eigenvalue weighted by atomic mass is 10.4. The van der Waals surface area contributed by atoms with E-state index < -0.39 is 7.60 Å². The van der Waals surface area contributed by atoms with Gasteiger partial charge in [0.25, 0.3) is 0 Å². The SMILES string of the molecule is CCOP(=O)(C[C@@H]1O[C@H](CO)CS1)OCC. The molecule has 1 heterocycles. The van der Waals surface area contributed by atoms with E-state index in [1.807, 2.05) is 0 Å². The first kappa shape index (κ1) is 14.5. The minimum atomic E-state index is -3.03. The number of rotatable bonds is 7. The molecular formula is C9H19O5PS. The Labute approximate surface area is 100 Å². The van der Waals surface area contributed by atoms with Gasteiger partial charge >= 0.3 is 7.60 Å². The van der Waals surface area contributed by atoms with Crippen LogP contribution in [0, 0.1) is 0 Å². The first-order valence-corrected chi connectivity index (χ1v) is 8.17. The van der Waals surface area contributed by atoms with Crippen LogP contribution in [-0.2, 0) is 18.3 Å². The maximum Gasteiger partial charge on any atom is 0.334 e. The third kappa shape index (κ3) is 4.35. The van der Waals surface area contributed by atoms with Gasteiger partial charge in [-0.2, -0.15) is 0 Å². The highest BCUT2D eigenvalue weighted by atomic mass is 32.2. The summed E-state index contributed by atoms with van der Waals surface area (Å²) in [7, 11) is -3.03. The van der Waals surface area contributed by atoms with Crippen LogP contribution in [0.3, 0.4) is 0 Å². The predicted molar refractivity (Wildman–Crippen MR) is 63.9 cm³/mol. The number of hydrogen-bond donors (Lipinski definition) is 1. The van der Waals surface area contributed by atoms with E-state index in [4.69, 9.17) is 18.9 Å². The van der Waals surface area contributed by atoms with E-state index >= 15 is 0 Å². The van der Waals surface area contributed by atoms with E-state index in [2.05, 4.69) is 0 Å². The Morgan fingerprint density at radius 2 is 2.06 bits per heavy atom. The molecule has 2 atom stereocenters. The van der Waals surface area contributed by atoms with Crippen molar-refractivity contribution >= 4 is 19.4 Å². The lowest BCUT2D eigenvalue weighted by molar-refractivity contribution is 0.0325. The van der Waals surface area contributed by atoms with E-state index in [1.54, 1.807) is 13.8 Å². The van der Waals surface area contributed by atoms with E-state index in [9.17, 15) is 4.57 Å². The van der Waals surface area contributed by atoms with Crippen molar-refractivity contribution < 1.29 is 23.5 Å². The standard InChI is InChI=1S/C9H19O5PS/c1-3-12-15(11,13-4-2)6-9-14-8(5-10)7-16-9/h8-10H,3-7H2,1-2H3/t8-,9-/m1/s1. The Morgan fingerprint density at radius 3 is 2.50 bits per heavy atom. The summed E-state index contributed by atoms with van der Waals surface area (Å²) < 4.78 is 28.0. The van der Waals surface area contributed by atoms with Gasteiger partial charge in [0, 0.05) is 5.75 Å². The summed E-state index contributed by atoms with van der Waals surface area (Å²) in [6.45, 7) is 4.28. The third-order valence-corrected chi connectivity index (χ3v) is 5.58. The van der Waals surface area contributed by atoms with Gasteiger partial charge in [-0.05, 0) is 13.8 Å². The number of thioether (sulfide) groups is 1. The van der Waals surface area contributed by atoms with Crippen molar-refractivity contribution in [2.24, 2.45) is 0 Å². The highest BCUT2D eigenvalue weighted by Gasteiger charge is 2.34. The molecule has 0 aromatic heterocycles. The molecule has 0 aliphatic carbocycles. The average Bonchev–Trinajstić information content (AvgIpc) is 2.65. The van der Waals surface area contributed by atoms with Crippen LogP contribution < -0.4 is 0 Å². The Morgan fingerprint density at radius 1 is 1.44 bits per heavy atom. The van der Waals surface area contributed by atoms with Crippen LogP contribution in [-0.4, -0.2) is 48.4 Å². The number of ether oxygens (including phenoxy) is 1. The summed E-state index contributed by atoms with van der Waals surface area (Å²) in [5.41, 5.74) is -0.207. The van der Waals surface area contributed by atoms with Crippen LogP contribution in [0.5, 0.6) is 0 Å². The monoisotopic (exact) mass is 270 g/mol. The number of aliphatic hydroxyl groups excluding tert-OH is 1. The summed E-state index contributed by atoms with van der Waals surface area (Å²) in [5.74, 6) is 0.722. The molecule has 1 rings (SSSR count). The largest absolute Gasteiger partial charge is 0.394 e. The van der Waals surface area contributed by atoms with Crippen molar-refractivity contribution in [3.8, 4) is 0 Å². The zero-order valence-corrected chi connectivity index (χ0v) is 11.3. The van der Waals surface area contributed by atoms with Gasteiger partial charge in [-0.3, -0.25) is 4.57 Å². The molecule has 0 aromatic carbocycles. The highest BCUT2D eigenvalue weighted by molar-refractivity contribution is 8.00. The van der Waals surface area contributed by atoms with Gasteiger partial charge in [-0.1, -0.05) is 0 Å². The van der Waals surface area contributed by atoms with Gasteiger partial charge in [-0.15, -0.1) is 11.8 Å². The van der Waals surface area contributed by atoms with Gasteiger partial charge in [0.1, 0.15) is 5.44 Å². The average molecular weight is 270 g/mol. The van der Waals surface area contributed by atoms with Crippen molar-refractivity contribution in [2.75, 3.05) is 31.7 Å². The first-order valence-electron chi connectivity index (χ1n) is 5.39. The molecule has 0 radical (unpaired) electrons. The second-order valence-electron chi connectivity index (χ2n) is 3.33. The van der Waals surface area contributed by atoms with Crippen molar-refractivity contribution in [1.29, 1.82) is 0 Å². The Bertz CT molecular complexity index is 240. The smallest absolute Gasteiger partial charge is 0.334 e.